The Balaban J connectivity index is 1.75. The molecule has 3 amide bonds. The van der Waals surface area contributed by atoms with Crippen LogP contribution in [0.1, 0.15) is 50.5 Å². The summed E-state index contributed by atoms with van der Waals surface area (Å²) in [5.41, 5.74) is 6.49. The average Bonchev–Trinajstić information content (AvgIpc) is 3.23. The highest BCUT2D eigenvalue weighted by atomic mass is 32.1. The maximum absolute atomic E-state index is 13.2. The molecule has 1 aromatic heterocycles. The Morgan fingerprint density at radius 1 is 0.938 bits per heavy atom. The molecule has 0 unspecified atom stereocenters. The minimum Gasteiger partial charge on any atom is -0.366 e. The van der Waals surface area contributed by atoms with Crippen molar-refractivity contribution >= 4 is 29.3 Å². The minimum atomic E-state index is -0.599. The topological polar surface area (TPSA) is 111 Å². The normalized spacial score (nSPS) is 14.4. The number of piperidine rings is 1. The van der Waals surface area contributed by atoms with E-state index < -0.39 is 17.6 Å². The maximum Gasteiger partial charge on any atom is 0.278 e. The Kier molecular flexibility index (Phi) is 6.22. The van der Waals surface area contributed by atoms with Crippen LogP contribution < -0.4 is 10.4 Å². The minimum absolute atomic E-state index is 0.0753. The van der Waals surface area contributed by atoms with Gasteiger partial charge in [0.15, 0.2) is 10.4 Å². The summed E-state index contributed by atoms with van der Waals surface area (Å²) in [5.74, 6) is -1.91. The van der Waals surface area contributed by atoms with E-state index in [4.69, 9.17) is 5.73 Å². The number of carbonyl (C=O) groups is 3. The molecule has 3 aromatic rings. The van der Waals surface area contributed by atoms with Crippen molar-refractivity contribution in [3.05, 3.63) is 75.8 Å². The summed E-state index contributed by atoms with van der Waals surface area (Å²) < 4.78 is 14.8. The summed E-state index contributed by atoms with van der Waals surface area (Å²) in [4.78, 5) is 42.9. The number of rotatable bonds is 4. The zero-order valence-corrected chi connectivity index (χ0v) is 17.8. The molecule has 0 radical (unpaired) electrons. The highest BCUT2D eigenvalue weighted by Crippen LogP contribution is 2.15. The van der Waals surface area contributed by atoms with Gasteiger partial charge >= 0.3 is 0 Å². The van der Waals surface area contributed by atoms with Crippen LogP contribution in [0.2, 0.25) is 0 Å². The number of carbonyl (C=O) groups excluding carboxylic acids is 3. The molecule has 2 heterocycles. The highest BCUT2D eigenvalue weighted by molar-refractivity contribution is 7.04. The predicted molar refractivity (Wildman–Crippen MR) is 116 cm³/mol. The predicted octanol–water partition coefficient (Wildman–Crippen LogP) is 2.54. The quantitative estimate of drug-likeness (QED) is 0.654. The van der Waals surface area contributed by atoms with Gasteiger partial charge in [0.05, 0.1) is 5.69 Å². The Bertz CT molecular complexity index is 1230. The lowest BCUT2D eigenvalue weighted by Gasteiger charge is -2.25. The number of hydrogen-bond acceptors (Lipinski definition) is 5. The summed E-state index contributed by atoms with van der Waals surface area (Å²) in [6.45, 7) is 1.24. The second kappa shape index (κ2) is 9.23. The van der Waals surface area contributed by atoms with Crippen molar-refractivity contribution in [2.24, 2.45) is 10.7 Å². The lowest BCUT2D eigenvalue weighted by atomic mass is 10.1. The first-order chi connectivity index (χ1) is 15.4. The van der Waals surface area contributed by atoms with Crippen molar-refractivity contribution in [3.8, 4) is 5.69 Å². The molecule has 0 atom stereocenters. The van der Waals surface area contributed by atoms with Crippen LogP contribution in [-0.2, 0) is 0 Å². The van der Waals surface area contributed by atoms with Crippen LogP contribution in [0.25, 0.3) is 5.69 Å². The summed E-state index contributed by atoms with van der Waals surface area (Å²) in [5, 5.41) is 4.41. The fourth-order valence-corrected chi connectivity index (χ4v) is 4.20. The molecule has 1 fully saturated rings. The second-order valence-electron chi connectivity index (χ2n) is 7.31. The lowest BCUT2D eigenvalue weighted by Crippen LogP contribution is -2.38. The fraction of sp³-hybridized carbons (Fsp3) is 0.227. The first kappa shape index (κ1) is 21.6. The number of hydrogen-bond donors (Lipinski definition) is 1. The molecule has 164 valence electrons. The van der Waals surface area contributed by atoms with Crippen LogP contribution >= 0.6 is 11.5 Å². The van der Waals surface area contributed by atoms with Gasteiger partial charge in [-0.1, -0.05) is 0 Å². The van der Waals surface area contributed by atoms with Crippen molar-refractivity contribution in [2.45, 2.75) is 19.3 Å². The van der Waals surface area contributed by atoms with Crippen LogP contribution in [0.15, 0.2) is 53.5 Å². The molecule has 1 saturated heterocycles. The van der Waals surface area contributed by atoms with E-state index in [2.05, 4.69) is 10.1 Å². The van der Waals surface area contributed by atoms with Gasteiger partial charge in [0.2, 0.25) is 5.91 Å². The van der Waals surface area contributed by atoms with Gasteiger partial charge in [-0.15, -0.1) is 5.10 Å². The molecule has 0 saturated carbocycles. The van der Waals surface area contributed by atoms with Crippen molar-refractivity contribution in [3.63, 3.8) is 0 Å². The molecular weight excluding hydrogens is 433 g/mol. The third-order valence-electron chi connectivity index (χ3n) is 5.08. The molecule has 10 heteroatoms. The van der Waals surface area contributed by atoms with E-state index in [1.807, 2.05) is 0 Å². The first-order valence-corrected chi connectivity index (χ1v) is 10.8. The molecule has 2 N–H and O–H groups in total. The second-order valence-corrected chi connectivity index (χ2v) is 8.22. The number of primary amides is 1. The Hall–Kier alpha value is -3.66. The first-order valence-electron chi connectivity index (χ1n) is 10.1. The van der Waals surface area contributed by atoms with E-state index in [1.165, 1.54) is 28.3 Å². The van der Waals surface area contributed by atoms with Gasteiger partial charge in [0.1, 0.15) is 5.82 Å². The number of nitrogens with two attached hydrogens (primary N) is 1. The van der Waals surface area contributed by atoms with Crippen LogP contribution in [0, 0.1) is 5.82 Å². The number of likely N-dealkylation sites (tertiary alicyclic amines) is 1. The molecular formula is C22H20FN5O3S. The maximum atomic E-state index is 13.2. The third-order valence-corrected chi connectivity index (χ3v) is 6.00. The van der Waals surface area contributed by atoms with E-state index in [0.29, 0.717) is 24.3 Å². The zero-order chi connectivity index (χ0) is 22.7. The van der Waals surface area contributed by atoms with E-state index in [0.717, 1.165) is 30.8 Å². The largest absolute Gasteiger partial charge is 0.366 e. The standard InChI is InChI=1S/C22H20FN5O3S/c23-16-8-4-15(5-9-16)20(30)25-21-18(22(31)27-12-2-1-3-13-27)26-28(32-21)17-10-6-14(7-11-17)19(24)29/h4-11H,1-3,12-13H2,(H2,24,29). The molecule has 8 nitrogen and oxygen atoms in total. The van der Waals surface area contributed by atoms with Crippen molar-refractivity contribution in [2.75, 3.05) is 13.1 Å². The van der Waals surface area contributed by atoms with Crippen LogP contribution in [0.5, 0.6) is 0 Å². The smallest absolute Gasteiger partial charge is 0.278 e. The molecule has 1 aliphatic rings. The number of aromatic nitrogens is 2. The molecule has 1 aliphatic heterocycles. The monoisotopic (exact) mass is 453 g/mol. The van der Waals surface area contributed by atoms with E-state index >= 15 is 0 Å². The number of amides is 3. The van der Waals surface area contributed by atoms with Gasteiger partial charge in [-0.3, -0.25) is 14.4 Å². The van der Waals surface area contributed by atoms with Crippen LogP contribution in [0.4, 0.5) is 4.39 Å². The van der Waals surface area contributed by atoms with E-state index in [9.17, 15) is 18.8 Å². The van der Waals surface area contributed by atoms with E-state index in [-0.39, 0.29) is 21.8 Å². The third kappa shape index (κ3) is 4.65. The lowest BCUT2D eigenvalue weighted by molar-refractivity contribution is 0.0716. The van der Waals surface area contributed by atoms with Crippen molar-refractivity contribution < 1.29 is 18.8 Å². The molecule has 32 heavy (non-hydrogen) atoms. The van der Waals surface area contributed by atoms with E-state index in [1.54, 1.807) is 29.2 Å². The number of halogens is 1. The zero-order valence-electron chi connectivity index (χ0n) is 17.0. The van der Waals surface area contributed by atoms with Crippen molar-refractivity contribution in [1.82, 2.24) is 14.1 Å². The van der Waals surface area contributed by atoms with Gasteiger partial charge in [-0.2, -0.15) is 9.06 Å². The fourth-order valence-electron chi connectivity index (χ4n) is 3.35. The molecule has 4 rings (SSSR count). The molecule has 0 aliphatic carbocycles. The number of benzene rings is 2. The summed E-state index contributed by atoms with van der Waals surface area (Å²) in [7, 11) is 0. The van der Waals surface area contributed by atoms with Crippen LogP contribution in [0.3, 0.4) is 0 Å². The van der Waals surface area contributed by atoms with Gasteiger partial charge in [-0.05, 0) is 79.3 Å². The summed E-state index contributed by atoms with van der Waals surface area (Å²) in [6.07, 6.45) is 2.88. The average molecular weight is 453 g/mol. The van der Waals surface area contributed by atoms with Gasteiger partial charge in [0.25, 0.3) is 11.8 Å². The molecule has 0 spiro atoms. The number of nitrogens with zero attached hydrogens (tertiary/aromatic N) is 4. The SMILES string of the molecule is NC(=O)c1ccc(-n2nc(C(=O)N3CCCCC3)c(=NC(=O)c3ccc(F)cc3)s2)cc1. The van der Waals surface area contributed by atoms with Gasteiger partial charge < -0.3 is 10.6 Å². The van der Waals surface area contributed by atoms with Gasteiger partial charge in [-0.25, -0.2) is 4.39 Å². The Morgan fingerprint density at radius 2 is 1.56 bits per heavy atom. The summed E-state index contributed by atoms with van der Waals surface area (Å²) in [6, 6.07) is 11.4. The Labute approximate surface area is 187 Å². The molecule has 2 aromatic carbocycles. The summed E-state index contributed by atoms with van der Waals surface area (Å²) >= 11 is 1.03. The van der Waals surface area contributed by atoms with Crippen LogP contribution in [-0.4, -0.2) is 44.9 Å². The van der Waals surface area contributed by atoms with Gasteiger partial charge in [0, 0.05) is 24.2 Å². The molecule has 0 bridgehead atoms. The van der Waals surface area contributed by atoms with Crippen molar-refractivity contribution in [1.29, 1.82) is 0 Å². The highest BCUT2D eigenvalue weighted by Gasteiger charge is 2.24. The Morgan fingerprint density at radius 3 is 2.19 bits per heavy atom.